The maximum Gasteiger partial charge on any atom is 0.309 e. The van der Waals surface area contributed by atoms with E-state index in [0.717, 1.165) is 31.2 Å². The van der Waals surface area contributed by atoms with E-state index in [0.29, 0.717) is 29.7 Å². The summed E-state index contributed by atoms with van der Waals surface area (Å²) >= 11 is 5.95. The first-order chi connectivity index (χ1) is 10.1. The van der Waals surface area contributed by atoms with Gasteiger partial charge in [0.1, 0.15) is 0 Å². The molecule has 2 N–H and O–H groups in total. The minimum Gasteiger partial charge on any atom is -0.465 e. The van der Waals surface area contributed by atoms with Crippen LogP contribution in [0.25, 0.3) is 0 Å². The van der Waals surface area contributed by atoms with Crippen molar-refractivity contribution < 1.29 is 9.53 Å². The lowest BCUT2D eigenvalue weighted by atomic mass is 9.73. The zero-order valence-corrected chi connectivity index (χ0v) is 13.4. The van der Waals surface area contributed by atoms with E-state index in [9.17, 15) is 4.79 Å². The summed E-state index contributed by atoms with van der Waals surface area (Å²) in [5.74, 6) is 0.355. The second kappa shape index (κ2) is 7.69. The number of benzene rings is 1. The van der Waals surface area contributed by atoms with E-state index in [1.54, 1.807) is 6.07 Å². The third kappa shape index (κ3) is 4.37. The number of nitrogen functional groups attached to an aromatic ring is 1. The molecule has 0 aromatic heterocycles. The summed E-state index contributed by atoms with van der Waals surface area (Å²) in [4.78, 5) is 12.3. The lowest BCUT2D eigenvalue weighted by molar-refractivity contribution is -0.151. The molecule has 0 heterocycles. The largest absolute Gasteiger partial charge is 0.465 e. The number of ether oxygens (including phenoxy) is 1. The van der Waals surface area contributed by atoms with Crippen molar-refractivity contribution in [1.82, 2.24) is 0 Å². The molecule has 2 rings (SSSR count). The van der Waals surface area contributed by atoms with Crippen LogP contribution in [-0.4, -0.2) is 12.6 Å². The average Bonchev–Trinajstić information content (AvgIpc) is 2.40. The van der Waals surface area contributed by atoms with Crippen LogP contribution in [0.2, 0.25) is 5.02 Å². The first kappa shape index (κ1) is 16.2. The molecule has 0 radical (unpaired) electrons. The molecule has 1 unspecified atom stereocenters. The summed E-state index contributed by atoms with van der Waals surface area (Å²) < 4.78 is 5.43. The standard InChI is InChI=1S/C17H24ClNO2/c1-2-3-9-21-17(20)14(13-5-4-6-13)10-12-7-8-15(18)16(19)11-12/h7-8,11,13-14H,2-6,9-10,19H2,1H3. The van der Waals surface area contributed by atoms with E-state index in [-0.39, 0.29) is 11.9 Å². The van der Waals surface area contributed by atoms with Gasteiger partial charge in [-0.25, -0.2) is 0 Å². The summed E-state index contributed by atoms with van der Waals surface area (Å²) in [6.45, 7) is 2.62. The van der Waals surface area contributed by atoms with Crippen molar-refractivity contribution in [3.05, 3.63) is 28.8 Å². The number of halogens is 1. The predicted octanol–water partition coefficient (Wildman–Crippen LogP) is 4.22. The Balaban J connectivity index is 2.01. The highest BCUT2D eigenvalue weighted by Gasteiger charge is 2.33. The van der Waals surface area contributed by atoms with Crippen molar-refractivity contribution in [3.8, 4) is 0 Å². The molecule has 1 fully saturated rings. The van der Waals surface area contributed by atoms with Crippen LogP contribution in [0, 0.1) is 11.8 Å². The van der Waals surface area contributed by atoms with Crippen LogP contribution in [0.5, 0.6) is 0 Å². The van der Waals surface area contributed by atoms with Crippen LogP contribution < -0.4 is 5.73 Å². The first-order valence-corrected chi connectivity index (χ1v) is 8.20. The summed E-state index contributed by atoms with van der Waals surface area (Å²) in [6.07, 6.45) is 6.11. The monoisotopic (exact) mass is 309 g/mol. The summed E-state index contributed by atoms with van der Waals surface area (Å²) in [5.41, 5.74) is 7.47. The number of hydrogen-bond donors (Lipinski definition) is 1. The number of carbonyl (C=O) groups is 1. The molecule has 1 atom stereocenters. The molecule has 3 nitrogen and oxygen atoms in total. The zero-order chi connectivity index (χ0) is 15.2. The molecule has 116 valence electrons. The van der Waals surface area contributed by atoms with Gasteiger partial charge in [-0.1, -0.05) is 37.4 Å². The number of anilines is 1. The molecule has 1 aliphatic carbocycles. The summed E-state index contributed by atoms with van der Waals surface area (Å²) in [7, 11) is 0. The van der Waals surface area contributed by atoms with Crippen molar-refractivity contribution in [2.75, 3.05) is 12.3 Å². The van der Waals surface area contributed by atoms with Gasteiger partial charge in [-0.05, 0) is 49.3 Å². The highest BCUT2D eigenvalue weighted by Crippen LogP contribution is 2.36. The molecule has 1 aromatic rings. The Labute approximate surface area is 131 Å². The van der Waals surface area contributed by atoms with E-state index in [4.69, 9.17) is 22.1 Å². The van der Waals surface area contributed by atoms with Gasteiger partial charge in [0.15, 0.2) is 0 Å². The SMILES string of the molecule is CCCCOC(=O)C(Cc1ccc(Cl)c(N)c1)C1CCC1. The number of carbonyl (C=O) groups excluding carboxylic acids is 1. The minimum absolute atomic E-state index is 0.0452. The Hall–Kier alpha value is -1.22. The van der Waals surface area contributed by atoms with E-state index in [1.807, 2.05) is 12.1 Å². The van der Waals surface area contributed by atoms with Crippen LogP contribution in [0.1, 0.15) is 44.6 Å². The fourth-order valence-electron chi connectivity index (χ4n) is 2.68. The van der Waals surface area contributed by atoms with Gasteiger partial charge in [0.05, 0.1) is 23.2 Å². The molecule has 0 bridgehead atoms. The van der Waals surface area contributed by atoms with Gasteiger partial charge in [-0.2, -0.15) is 0 Å². The number of nitrogens with two attached hydrogens (primary N) is 1. The molecule has 0 amide bonds. The molecule has 21 heavy (non-hydrogen) atoms. The minimum atomic E-state index is -0.0540. The Morgan fingerprint density at radius 3 is 2.81 bits per heavy atom. The lowest BCUT2D eigenvalue weighted by Gasteiger charge is -2.32. The molecular weight excluding hydrogens is 286 g/mol. The maximum absolute atomic E-state index is 12.3. The lowest BCUT2D eigenvalue weighted by Crippen LogP contribution is -2.32. The van der Waals surface area contributed by atoms with Gasteiger partial charge in [0.2, 0.25) is 0 Å². The Morgan fingerprint density at radius 2 is 2.24 bits per heavy atom. The second-order valence-corrected chi connectivity index (χ2v) is 6.29. The van der Waals surface area contributed by atoms with Crippen LogP contribution >= 0.6 is 11.6 Å². The Kier molecular flexibility index (Phi) is 5.92. The molecule has 4 heteroatoms. The molecular formula is C17H24ClNO2. The summed E-state index contributed by atoms with van der Waals surface area (Å²) in [5, 5.41) is 0.560. The molecule has 0 spiro atoms. The van der Waals surface area contributed by atoms with Crippen molar-refractivity contribution in [2.24, 2.45) is 11.8 Å². The third-order valence-electron chi connectivity index (χ3n) is 4.28. The first-order valence-electron chi connectivity index (χ1n) is 7.82. The van der Waals surface area contributed by atoms with Crippen molar-refractivity contribution in [3.63, 3.8) is 0 Å². The molecule has 0 saturated heterocycles. The van der Waals surface area contributed by atoms with Gasteiger partial charge in [0, 0.05) is 0 Å². The average molecular weight is 310 g/mol. The Morgan fingerprint density at radius 1 is 1.48 bits per heavy atom. The van der Waals surface area contributed by atoms with E-state index in [2.05, 4.69) is 6.92 Å². The second-order valence-electron chi connectivity index (χ2n) is 5.88. The third-order valence-corrected chi connectivity index (χ3v) is 4.62. The number of esters is 1. The van der Waals surface area contributed by atoms with Crippen molar-refractivity contribution in [2.45, 2.75) is 45.4 Å². The van der Waals surface area contributed by atoms with Crippen LogP contribution in [0.3, 0.4) is 0 Å². The van der Waals surface area contributed by atoms with Gasteiger partial charge in [-0.15, -0.1) is 0 Å². The quantitative estimate of drug-likeness (QED) is 0.466. The van der Waals surface area contributed by atoms with Crippen LogP contribution in [0.4, 0.5) is 5.69 Å². The van der Waals surface area contributed by atoms with Gasteiger partial charge < -0.3 is 10.5 Å². The summed E-state index contributed by atoms with van der Waals surface area (Å²) in [6, 6.07) is 5.61. The van der Waals surface area contributed by atoms with E-state index >= 15 is 0 Å². The zero-order valence-electron chi connectivity index (χ0n) is 12.6. The number of hydrogen-bond acceptors (Lipinski definition) is 3. The fourth-order valence-corrected chi connectivity index (χ4v) is 2.80. The van der Waals surface area contributed by atoms with E-state index < -0.39 is 0 Å². The molecule has 1 aliphatic rings. The highest BCUT2D eigenvalue weighted by atomic mass is 35.5. The predicted molar refractivity (Wildman–Crippen MR) is 86.3 cm³/mol. The van der Waals surface area contributed by atoms with E-state index in [1.165, 1.54) is 6.42 Å². The van der Waals surface area contributed by atoms with Gasteiger partial charge in [0.25, 0.3) is 0 Å². The smallest absolute Gasteiger partial charge is 0.309 e. The van der Waals surface area contributed by atoms with Gasteiger partial charge >= 0.3 is 5.97 Å². The highest BCUT2D eigenvalue weighted by molar-refractivity contribution is 6.33. The molecule has 1 aromatic carbocycles. The molecule has 0 aliphatic heterocycles. The van der Waals surface area contributed by atoms with Crippen LogP contribution in [0.15, 0.2) is 18.2 Å². The number of unbranched alkanes of at least 4 members (excludes halogenated alkanes) is 1. The number of rotatable bonds is 7. The topological polar surface area (TPSA) is 52.3 Å². The normalized spacial score (nSPS) is 16.3. The van der Waals surface area contributed by atoms with Crippen LogP contribution in [-0.2, 0) is 16.0 Å². The van der Waals surface area contributed by atoms with Gasteiger partial charge in [-0.3, -0.25) is 4.79 Å². The Bertz CT molecular complexity index is 486. The fraction of sp³-hybridized carbons (Fsp3) is 0.588. The maximum atomic E-state index is 12.3. The van der Waals surface area contributed by atoms with Crippen molar-refractivity contribution >= 4 is 23.3 Å². The molecule has 1 saturated carbocycles. The van der Waals surface area contributed by atoms with Crippen molar-refractivity contribution in [1.29, 1.82) is 0 Å².